The monoisotopic (exact) mass is 582 g/mol. The van der Waals surface area contributed by atoms with Crippen LogP contribution in [-0.4, -0.2) is 46.3 Å². The molecule has 2 heterocycles. The second-order valence-electron chi connectivity index (χ2n) is 12.4. The zero-order chi connectivity index (χ0) is 28.0. The number of aliphatic hydroxyl groups excluding tert-OH is 1. The number of nitrogens with zero attached hydrogens (tertiary/aromatic N) is 1. The molecule has 2 aliphatic carbocycles. The van der Waals surface area contributed by atoms with Crippen LogP contribution in [0.4, 0.5) is 5.69 Å². The number of hydrogen-bond acceptors (Lipinski definition) is 5. The fraction of sp³-hybridized carbons (Fsp3) is 0.531. The summed E-state index contributed by atoms with van der Waals surface area (Å²) in [6.07, 6.45) is 9.28. The molecule has 1 spiro atoms. The maximum Gasteiger partial charge on any atom is 0.263 e. The number of amides is 1. The van der Waals surface area contributed by atoms with Crippen molar-refractivity contribution in [1.29, 1.82) is 0 Å². The van der Waals surface area contributed by atoms with E-state index < -0.39 is 17.1 Å². The molecule has 1 amide bonds. The Hall–Kier alpha value is -2.35. The fourth-order valence-electron chi connectivity index (χ4n) is 7.03. The van der Waals surface area contributed by atoms with E-state index in [2.05, 4.69) is 21.8 Å². The lowest BCUT2D eigenvalue weighted by atomic mass is 9.68. The van der Waals surface area contributed by atoms with E-state index in [4.69, 9.17) is 16.3 Å². The summed E-state index contributed by atoms with van der Waals surface area (Å²) in [6.45, 7) is 6.02. The molecule has 0 radical (unpaired) electrons. The largest absolute Gasteiger partial charge is 0.490 e. The third-order valence-corrected chi connectivity index (χ3v) is 11.6. The Bertz CT molecular complexity index is 1350. The normalized spacial score (nSPS) is 34.9. The highest BCUT2D eigenvalue weighted by molar-refractivity contribution is 7.84. The molecular formula is C32H39ClN2O4S. The number of nitrogens with one attached hydrogen (secondary N) is 1. The Labute approximate surface area is 244 Å². The smallest absolute Gasteiger partial charge is 0.263 e. The highest BCUT2D eigenvalue weighted by Gasteiger charge is 2.44. The molecule has 2 aliphatic heterocycles. The van der Waals surface area contributed by atoms with E-state index in [0.29, 0.717) is 24.5 Å². The molecule has 214 valence electrons. The van der Waals surface area contributed by atoms with Crippen molar-refractivity contribution in [3.8, 4) is 5.75 Å². The van der Waals surface area contributed by atoms with E-state index in [1.54, 1.807) is 6.07 Å². The Morgan fingerprint density at radius 3 is 2.83 bits per heavy atom. The lowest BCUT2D eigenvalue weighted by Gasteiger charge is -2.45. The summed E-state index contributed by atoms with van der Waals surface area (Å²) in [6, 6.07) is 11.8. The summed E-state index contributed by atoms with van der Waals surface area (Å²) in [5.41, 5.74) is 3.75. The maximum atomic E-state index is 13.3. The minimum Gasteiger partial charge on any atom is -0.490 e. The molecule has 8 heteroatoms. The molecule has 40 heavy (non-hydrogen) atoms. The lowest BCUT2D eigenvalue weighted by Crippen LogP contribution is -2.49. The van der Waals surface area contributed by atoms with E-state index in [9.17, 15) is 14.1 Å². The van der Waals surface area contributed by atoms with Gasteiger partial charge in [-0.05, 0) is 105 Å². The van der Waals surface area contributed by atoms with Gasteiger partial charge in [0.15, 0.2) is 0 Å². The van der Waals surface area contributed by atoms with E-state index in [1.165, 1.54) is 11.1 Å². The van der Waals surface area contributed by atoms with Crippen LogP contribution in [-0.2, 0) is 22.8 Å². The molecule has 0 aromatic heterocycles. The average molecular weight is 583 g/mol. The Kier molecular flexibility index (Phi) is 7.75. The van der Waals surface area contributed by atoms with Gasteiger partial charge in [-0.3, -0.25) is 9.52 Å². The van der Waals surface area contributed by atoms with Crippen LogP contribution in [0.25, 0.3) is 0 Å². The summed E-state index contributed by atoms with van der Waals surface area (Å²) < 4.78 is 22.3. The van der Waals surface area contributed by atoms with E-state index in [0.717, 1.165) is 61.7 Å². The molecule has 1 saturated carbocycles. The molecule has 0 saturated heterocycles. The summed E-state index contributed by atoms with van der Waals surface area (Å²) >= 11 is 6.39. The van der Waals surface area contributed by atoms with Crippen LogP contribution in [0.5, 0.6) is 5.75 Å². The lowest BCUT2D eigenvalue weighted by molar-refractivity contribution is 0.0456. The number of ether oxygens (including phenoxy) is 1. The van der Waals surface area contributed by atoms with Gasteiger partial charge in [0.05, 0.1) is 23.6 Å². The van der Waals surface area contributed by atoms with Crippen molar-refractivity contribution in [1.82, 2.24) is 4.72 Å². The van der Waals surface area contributed by atoms with Crippen LogP contribution >= 0.6 is 11.6 Å². The first-order valence-corrected chi connectivity index (χ1v) is 16.2. The van der Waals surface area contributed by atoms with Gasteiger partial charge in [0.1, 0.15) is 16.7 Å². The zero-order valence-corrected chi connectivity index (χ0v) is 24.8. The minimum absolute atomic E-state index is 0.0926. The van der Waals surface area contributed by atoms with Gasteiger partial charge in [-0.1, -0.05) is 36.7 Å². The number of aryl methyl sites for hydroxylation is 1. The predicted octanol–water partition coefficient (Wildman–Crippen LogP) is 5.58. The second kappa shape index (κ2) is 11.1. The Balaban J connectivity index is 1.41. The van der Waals surface area contributed by atoms with E-state index in [1.807, 2.05) is 44.2 Å². The minimum atomic E-state index is -1.53. The molecule has 2 bridgehead atoms. The van der Waals surface area contributed by atoms with Crippen molar-refractivity contribution in [3.63, 3.8) is 0 Å². The standard InChI is InChI=1S/C32H39ClN2O4S/c1-20-5-3-7-29(36)26-11-8-24(26)17-35-18-32(14-4-6-22-15-25(33)10-12-27(22)32)19-39-30-13-9-23(16-28(30)35)31(37)34-40(38)21(20)2/h3,7,9-10,12-13,15-16,20-21,24,26,29,36H,4-6,8,11,14,17-19H2,1-2H3,(H,34,37)/b7-3+. The van der Waals surface area contributed by atoms with Gasteiger partial charge in [0.25, 0.3) is 5.91 Å². The summed E-state index contributed by atoms with van der Waals surface area (Å²) in [5, 5.41) is 11.6. The highest BCUT2D eigenvalue weighted by Crippen LogP contribution is 2.46. The van der Waals surface area contributed by atoms with Gasteiger partial charge < -0.3 is 14.7 Å². The number of carbonyl (C=O) groups is 1. The molecule has 1 fully saturated rings. The fourth-order valence-corrected chi connectivity index (χ4v) is 8.24. The van der Waals surface area contributed by atoms with E-state index >= 15 is 0 Å². The van der Waals surface area contributed by atoms with Gasteiger partial charge in [-0.2, -0.15) is 0 Å². The van der Waals surface area contributed by atoms with Crippen molar-refractivity contribution >= 4 is 34.2 Å². The number of allylic oxidation sites excluding steroid dienone is 1. The SMILES string of the molecule is CC1C/C=C/C(O)C2CCC2CN2CC3(CCCc4cc(Cl)ccc43)COc3ccc(cc32)C(=O)NS(=O)C1C. The van der Waals surface area contributed by atoms with Gasteiger partial charge in [0.2, 0.25) is 0 Å². The quantitative estimate of drug-likeness (QED) is 0.397. The third-order valence-electron chi connectivity index (χ3n) is 9.84. The topological polar surface area (TPSA) is 78.9 Å². The zero-order valence-electron chi connectivity index (χ0n) is 23.3. The number of rotatable bonds is 0. The highest BCUT2D eigenvalue weighted by atomic mass is 35.5. The molecule has 4 aliphatic rings. The van der Waals surface area contributed by atoms with Crippen molar-refractivity contribution in [2.45, 2.75) is 69.1 Å². The second-order valence-corrected chi connectivity index (χ2v) is 14.3. The third kappa shape index (κ3) is 5.21. The van der Waals surface area contributed by atoms with Gasteiger partial charge >= 0.3 is 0 Å². The number of hydrogen-bond donors (Lipinski definition) is 2. The number of carbonyl (C=O) groups excluding carboxylic acids is 1. The first-order chi connectivity index (χ1) is 19.2. The molecule has 7 unspecified atom stereocenters. The summed E-state index contributed by atoms with van der Waals surface area (Å²) in [5.74, 6) is 1.05. The molecule has 2 aromatic carbocycles. The van der Waals surface area contributed by atoms with E-state index in [-0.39, 0.29) is 28.4 Å². The average Bonchev–Trinajstić information content (AvgIpc) is 3.07. The maximum absolute atomic E-state index is 13.3. The number of halogens is 1. The van der Waals surface area contributed by atoms with Crippen LogP contribution in [0.1, 0.15) is 67.4 Å². The number of benzene rings is 2. The van der Waals surface area contributed by atoms with Crippen molar-refractivity contribution in [3.05, 3.63) is 70.3 Å². The van der Waals surface area contributed by atoms with Crippen LogP contribution in [0.3, 0.4) is 0 Å². The molecular weight excluding hydrogens is 544 g/mol. The Morgan fingerprint density at radius 2 is 2.02 bits per heavy atom. The van der Waals surface area contributed by atoms with Crippen molar-refractivity contribution in [2.24, 2.45) is 17.8 Å². The van der Waals surface area contributed by atoms with Crippen molar-refractivity contribution < 1.29 is 18.8 Å². The van der Waals surface area contributed by atoms with Gasteiger partial charge in [-0.25, -0.2) is 4.21 Å². The molecule has 6 rings (SSSR count). The molecule has 2 N–H and O–H groups in total. The van der Waals surface area contributed by atoms with Crippen LogP contribution in [0.2, 0.25) is 5.02 Å². The van der Waals surface area contributed by atoms with Crippen LogP contribution < -0.4 is 14.4 Å². The first-order valence-electron chi connectivity index (χ1n) is 14.6. The summed E-state index contributed by atoms with van der Waals surface area (Å²) in [4.78, 5) is 15.7. The van der Waals surface area contributed by atoms with Gasteiger partial charge in [0, 0.05) is 29.1 Å². The predicted molar refractivity (Wildman–Crippen MR) is 160 cm³/mol. The Morgan fingerprint density at radius 1 is 1.18 bits per heavy atom. The van der Waals surface area contributed by atoms with Gasteiger partial charge in [-0.15, -0.1) is 0 Å². The van der Waals surface area contributed by atoms with Crippen LogP contribution in [0, 0.1) is 17.8 Å². The van der Waals surface area contributed by atoms with Crippen LogP contribution in [0.15, 0.2) is 48.6 Å². The summed E-state index contributed by atoms with van der Waals surface area (Å²) in [7, 11) is -1.53. The number of anilines is 1. The molecule has 6 nitrogen and oxygen atoms in total. The van der Waals surface area contributed by atoms with Crippen molar-refractivity contribution in [2.75, 3.05) is 24.6 Å². The first kappa shape index (κ1) is 27.8. The number of fused-ring (bicyclic) bond motifs is 4. The molecule has 2 aromatic rings. The number of aliphatic hydroxyl groups is 1. The molecule has 7 atom stereocenters.